The third-order valence-electron chi connectivity index (χ3n) is 1.46. The van der Waals surface area contributed by atoms with Gasteiger partial charge >= 0.3 is 5.97 Å². The number of carbonyl (C=O) groups excluding carboxylic acids is 1. The van der Waals surface area contributed by atoms with Gasteiger partial charge in [-0.1, -0.05) is 0 Å². The van der Waals surface area contributed by atoms with Gasteiger partial charge in [0.15, 0.2) is 0 Å². The predicted octanol–water partition coefficient (Wildman–Crippen LogP) is 1.24. The maximum atomic E-state index is 11.3. The molecule has 2 N–H and O–H groups in total. The molecule has 1 aromatic rings. The van der Waals surface area contributed by atoms with Gasteiger partial charge in [0, 0.05) is 0 Å². The average molecular weight is 225 g/mol. The van der Waals surface area contributed by atoms with E-state index in [1.807, 2.05) is 0 Å². The number of esters is 1. The number of hydrogen-bond donors (Lipinski definition) is 2. The first-order valence-electron chi connectivity index (χ1n) is 4.49. The van der Waals surface area contributed by atoms with E-state index in [0.29, 0.717) is 0 Å². The normalized spacial score (nSPS) is 12.6. The van der Waals surface area contributed by atoms with Gasteiger partial charge in [-0.2, -0.15) is 10.1 Å². The van der Waals surface area contributed by atoms with Crippen molar-refractivity contribution in [2.24, 2.45) is 10.2 Å². The monoisotopic (exact) mass is 225 g/mol. The molecule has 1 aromatic heterocycles. The van der Waals surface area contributed by atoms with Crippen LogP contribution in [0.25, 0.3) is 0 Å². The summed E-state index contributed by atoms with van der Waals surface area (Å²) in [6.07, 6.45) is 1.24. The molecule has 86 valence electrons. The Morgan fingerprint density at radius 1 is 1.69 bits per heavy atom. The second kappa shape index (κ2) is 5.59. The van der Waals surface area contributed by atoms with Crippen molar-refractivity contribution in [3.05, 3.63) is 17.8 Å². The molecule has 0 aliphatic rings. The summed E-state index contributed by atoms with van der Waals surface area (Å²) >= 11 is 0. The van der Waals surface area contributed by atoms with Crippen molar-refractivity contribution in [1.29, 1.82) is 0 Å². The summed E-state index contributed by atoms with van der Waals surface area (Å²) in [5, 5.41) is 22.3. The van der Waals surface area contributed by atoms with Gasteiger partial charge in [0.1, 0.15) is 12.1 Å². The fraction of sp³-hybridized carbons (Fsp3) is 0.375. The average Bonchev–Trinajstić information content (AvgIpc) is 2.70. The number of allylic oxidation sites excluding steroid dienone is 1. The predicted molar refractivity (Wildman–Crippen MR) is 52.9 cm³/mol. The lowest BCUT2D eigenvalue weighted by atomic mass is 10.4. The first-order valence-corrected chi connectivity index (χ1v) is 4.49. The summed E-state index contributed by atoms with van der Waals surface area (Å²) in [5.74, 6) is -0.893. The Balaban J connectivity index is 2.82. The highest BCUT2D eigenvalue weighted by Gasteiger charge is 2.13. The van der Waals surface area contributed by atoms with Gasteiger partial charge in [0.25, 0.3) is 5.95 Å². The van der Waals surface area contributed by atoms with Gasteiger partial charge in [-0.25, -0.2) is 9.89 Å². The largest absolute Gasteiger partial charge is 0.510 e. The van der Waals surface area contributed by atoms with E-state index in [1.54, 1.807) is 6.92 Å². The highest BCUT2D eigenvalue weighted by atomic mass is 16.5. The maximum absolute atomic E-state index is 11.3. The van der Waals surface area contributed by atoms with Crippen molar-refractivity contribution in [1.82, 2.24) is 15.2 Å². The molecule has 0 spiro atoms. The Morgan fingerprint density at radius 3 is 2.94 bits per heavy atom. The highest BCUT2D eigenvalue weighted by molar-refractivity contribution is 5.88. The molecule has 0 aliphatic carbocycles. The molecule has 1 heterocycles. The molecule has 0 aliphatic heterocycles. The van der Waals surface area contributed by atoms with Crippen molar-refractivity contribution >= 4 is 11.9 Å². The number of nitrogens with zero attached hydrogens (tertiary/aromatic N) is 4. The van der Waals surface area contributed by atoms with E-state index in [0.717, 1.165) is 0 Å². The van der Waals surface area contributed by atoms with Crippen LogP contribution in [0.2, 0.25) is 0 Å². The zero-order chi connectivity index (χ0) is 12.0. The van der Waals surface area contributed by atoms with Gasteiger partial charge in [0.2, 0.25) is 5.70 Å². The van der Waals surface area contributed by atoms with Crippen LogP contribution < -0.4 is 0 Å². The Morgan fingerprint density at radius 2 is 2.44 bits per heavy atom. The maximum Gasteiger partial charge on any atom is 0.362 e. The minimum atomic E-state index is -0.745. The zero-order valence-electron chi connectivity index (χ0n) is 8.84. The molecule has 0 saturated carbocycles. The lowest BCUT2D eigenvalue weighted by Gasteiger charge is -2.01. The molecule has 0 atom stereocenters. The number of aromatic amines is 1. The van der Waals surface area contributed by atoms with Gasteiger partial charge in [-0.05, 0) is 13.8 Å². The Hall–Kier alpha value is -2.25. The van der Waals surface area contributed by atoms with Crippen molar-refractivity contribution in [3.63, 3.8) is 0 Å². The molecule has 8 heteroatoms. The molecular weight excluding hydrogens is 214 g/mol. The molecule has 0 radical (unpaired) electrons. The third kappa shape index (κ3) is 3.15. The minimum absolute atomic E-state index is 0.128. The van der Waals surface area contributed by atoms with Crippen LogP contribution >= 0.6 is 0 Å². The van der Waals surface area contributed by atoms with E-state index in [4.69, 9.17) is 0 Å². The molecule has 0 amide bonds. The van der Waals surface area contributed by atoms with Crippen LogP contribution in [0.4, 0.5) is 5.95 Å². The fourth-order valence-electron chi connectivity index (χ4n) is 0.805. The molecule has 0 unspecified atom stereocenters. The lowest BCUT2D eigenvalue weighted by molar-refractivity contribution is -0.138. The van der Waals surface area contributed by atoms with E-state index >= 15 is 0 Å². The Kier molecular flexibility index (Phi) is 4.13. The number of azo groups is 1. The van der Waals surface area contributed by atoms with Crippen LogP contribution in [0, 0.1) is 0 Å². The van der Waals surface area contributed by atoms with Crippen molar-refractivity contribution < 1.29 is 14.6 Å². The Bertz CT molecular complexity index is 405. The second-order valence-corrected chi connectivity index (χ2v) is 2.66. The molecule has 8 nitrogen and oxygen atoms in total. The van der Waals surface area contributed by atoms with Gasteiger partial charge < -0.3 is 9.84 Å². The van der Waals surface area contributed by atoms with Gasteiger partial charge in [0.05, 0.1) is 6.61 Å². The topological polar surface area (TPSA) is 113 Å². The van der Waals surface area contributed by atoms with Crippen molar-refractivity contribution in [2.45, 2.75) is 13.8 Å². The van der Waals surface area contributed by atoms with E-state index in [1.165, 1.54) is 13.3 Å². The summed E-state index contributed by atoms with van der Waals surface area (Å²) in [4.78, 5) is 15.0. The van der Waals surface area contributed by atoms with Crippen LogP contribution in [0.3, 0.4) is 0 Å². The smallest absolute Gasteiger partial charge is 0.362 e. The number of nitrogens with one attached hydrogen (secondary N) is 1. The van der Waals surface area contributed by atoms with E-state index < -0.39 is 5.97 Å². The van der Waals surface area contributed by atoms with E-state index in [-0.39, 0.29) is 24.0 Å². The molecule has 0 aromatic carbocycles. The number of ether oxygens (including phenoxy) is 1. The first kappa shape index (κ1) is 11.8. The zero-order valence-corrected chi connectivity index (χ0v) is 8.84. The van der Waals surface area contributed by atoms with Crippen LogP contribution in [-0.4, -0.2) is 32.9 Å². The number of carbonyl (C=O) groups is 1. The summed E-state index contributed by atoms with van der Waals surface area (Å²) in [7, 11) is 0. The molecule has 0 saturated heterocycles. The number of H-pyrrole nitrogens is 1. The Labute approximate surface area is 91.1 Å². The third-order valence-corrected chi connectivity index (χ3v) is 1.46. The fourth-order valence-corrected chi connectivity index (χ4v) is 0.805. The molecule has 0 bridgehead atoms. The summed E-state index contributed by atoms with van der Waals surface area (Å²) in [5.41, 5.74) is -0.266. The van der Waals surface area contributed by atoms with Crippen molar-refractivity contribution in [3.8, 4) is 0 Å². The molecule has 1 rings (SSSR count). The van der Waals surface area contributed by atoms with Gasteiger partial charge in [-0.3, -0.25) is 0 Å². The molecular formula is C8H11N5O3. The van der Waals surface area contributed by atoms with Gasteiger partial charge in [-0.15, -0.1) is 10.2 Å². The number of aliphatic hydroxyl groups is 1. The molecule has 16 heavy (non-hydrogen) atoms. The first-order chi connectivity index (χ1) is 7.65. The van der Waals surface area contributed by atoms with E-state index in [9.17, 15) is 9.90 Å². The lowest BCUT2D eigenvalue weighted by Crippen LogP contribution is -2.07. The van der Waals surface area contributed by atoms with E-state index in [2.05, 4.69) is 30.1 Å². The second-order valence-electron chi connectivity index (χ2n) is 2.66. The van der Waals surface area contributed by atoms with Crippen LogP contribution in [0.15, 0.2) is 28.0 Å². The standard InChI is InChI=1S/C8H11N5O3/c1-3-16-7(15)6(5(2)14)11-13-8-9-4-10-12-8/h4,14H,3H2,1-2H3,(H,9,10,12)/b6-5+,13-11?. The van der Waals surface area contributed by atoms with Crippen molar-refractivity contribution in [2.75, 3.05) is 6.61 Å². The number of aromatic nitrogens is 3. The number of aliphatic hydroxyl groups excluding tert-OH is 1. The van der Waals surface area contributed by atoms with Crippen LogP contribution in [-0.2, 0) is 9.53 Å². The van der Waals surface area contributed by atoms with Crippen LogP contribution in [0.5, 0.6) is 0 Å². The summed E-state index contributed by atoms with van der Waals surface area (Å²) in [6.45, 7) is 3.15. The summed E-state index contributed by atoms with van der Waals surface area (Å²) in [6, 6.07) is 0. The minimum Gasteiger partial charge on any atom is -0.510 e. The number of hydrogen-bond acceptors (Lipinski definition) is 7. The molecule has 0 fully saturated rings. The summed E-state index contributed by atoms with van der Waals surface area (Å²) < 4.78 is 4.68. The SMILES string of the molecule is CCOC(=O)/C(N=Nc1ncn[nH]1)=C(/C)O. The quantitative estimate of drug-likeness (QED) is 0.346. The number of rotatable bonds is 4. The van der Waals surface area contributed by atoms with Crippen LogP contribution in [0.1, 0.15) is 13.8 Å². The highest BCUT2D eigenvalue weighted by Crippen LogP contribution is 2.10.